The number of hydrogen-bond acceptors (Lipinski definition) is 2. The Morgan fingerprint density at radius 3 is 1.51 bits per heavy atom. The molecule has 9 aromatic carbocycles. The topological polar surface area (TPSA) is 35.6 Å². The fraction of sp³-hybridized carbons (Fsp3) is 0. The van der Waals surface area contributed by atoms with E-state index in [1.807, 2.05) is 0 Å². The van der Waals surface area contributed by atoms with Gasteiger partial charge in [0.05, 0.1) is 0 Å². The second-order valence-electron chi connectivity index (χ2n) is 16.5. The monoisotopic (exact) mass is 864 g/mol. The summed E-state index contributed by atoms with van der Waals surface area (Å²) in [5.41, 5.74) is 12.3. The molecule has 294 valence electrons. The first kappa shape index (κ1) is 35.9. The van der Waals surface area contributed by atoms with Crippen molar-refractivity contribution in [2.75, 3.05) is 0 Å². The van der Waals surface area contributed by atoms with Gasteiger partial charge in [0, 0.05) is 0 Å². The average Bonchev–Trinajstić information content (AvgIpc) is 3.98. The predicted molar refractivity (Wildman–Crippen MR) is 264 cm³/mol. The van der Waals surface area contributed by atoms with Gasteiger partial charge in [-0.2, -0.15) is 0 Å². The molecule has 1 aliphatic rings. The van der Waals surface area contributed by atoms with Gasteiger partial charge >= 0.3 is 333 Å². The van der Waals surface area contributed by atoms with E-state index in [0.717, 1.165) is 50.6 Å². The number of nitrogens with zero attached hydrogens (tertiary/aromatic N) is 4. The van der Waals surface area contributed by atoms with E-state index in [4.69, 9.17) is 9.97 Å². The van der Waals surface area contributed by atoms with Gasteiger partial charge in [0.2, 0.25) is 0 Å². The van der Waals surface area contributed by atoms with E-state index < -0.39 is 13.3 Å². The first-order valence-electron chi connectivity index (χ1n) is 21.6. The van der Waals surface area contributed by atoms with Crippen LogP contribution in [0.25, 0.3) is 88.8 Å². The first-order chi connectivity index (χ1) is 31.3. The van der Waals surface area contributed by atoms with Crippen molar-refractivity contribution >= 4 is 74.6 Å². The van der Waals surface area contributed by atoms with Crippen LogP contribution < -0.4 is 17.7 Å². The van der Waals surface area contributed by atoms with Crippen LogP contribution >= 0.6 is 0 Å². The molecule has 0 saturated carbocycles. The molecular formula is C58H38GeN4. The Morgan fingerprint density at radius 2 is 0.857 bits per heavy atom. The van der Waals surface area contributed by atoms with Crippen LogP contribution in [-0.4, -0.2) is 32.4 Å². The maximum atomic E-state index is 5.78. The van der Waals surface area contributed by atoms with E-state index in [9.17, 15) is 0 Å². The van der Waals surface area contributed by atoms with Crippen LogP contribution in [0.1, 0.15) is 0 Å². The summed E-state index contributed by atoms with van der Waals surface area (Å²) in [5, 5.41) is 4.86. The van der Waals surface area contributed by atoms with Gasteiger partial charge in [-0.05, 0) is 12.1 Å². The number of para-hydroxylation sites is 4. The van der Waals surface area contributed by atoms with Crippen LogP contribution in [0, 0.1) is 0 Å². The molecule has 12 aromatic rings. The molecule has 5 heteroatoms. The van der Waals surface area contributed by atoms with Crippen molar-refractivity contribution in [2.45, 2.75) is 0 Å². The van der Waals surface area contributed by atoms with Crippen molar-refractivity contribution in [2.24, 2.45) is 0 Å². The van der Waals surface area contributed by atoms with Gasteiger partial charge in [0.15, 0.2) is 0 Å². The third kappa shape index (κ3) is 5.22. The fourth-order valence-corrected chi connectivity index (χ4v) is 21.1. The minimum atomic E-state index is -3.76. The quantitative estimate of drug-likeness (QED) is 0.156. The van der Waals surface area contributed by atoms with E-state index in [2.05, 4.69) is 240 Å². The standard InChI is InChI=1S/C58H38GeN4/c1-5-21-39(22-6-1)58-60-56(55-45-31-13-17-33-49(45)59(57(55)61-58,40-23-7-2-8-24-40)41-25-9-3-10-26-41)46-32-16-20-36-52(46)63-51-35-19-15-30-44(51)48-37-53-47(38-54(48)63)43-29-14-18-34-50(43)62(53)42-27-11-4-12-28-42/h1-38H. The molecule has 13 rings (SSSR count). The summed E-state index contributed by atoms with van der Waals surface area (Å²) >= 11 is -3.76. The summed E-state index contributed by atoms with van der Waals surface area (Å²) in [5.74, 6) is 0.742. The van der Waals surface area contributed by atoms with Crippen LogP contribution in [0.2, 0.25) is 0 Å². The van der Waals surface area contributed by atoms with Crippen molar-refractivity contribution in [1.82, 2.24) is 19.1 Å². The molecule has 0 amide bonds. The van der Waals surface area contributed by atoms with Gasteiger partial charge < -0.3 is 0 Å². The van der Waals surface area contributed by atoms with Crippen LogP contribution in [0.5, 0.6) is 0 Å². The van der Waals surface area contributed by atoms with Crippen molar-refractivity contribution in [1.29, 1.82) is 0 Å². The summed E-state index contributed by atoms with van der Waals surface area (Å²) in [6, 6.07) is 84.1. The van der Waals surface area contributed by atoms with Crippen molar-refractivity contribution in [3.05, 3.63) is 231 Å². The molecular weight excluding hydrogens is 825 g/mol. The van der Waals surface area contributed by atoms with Gasteiger partial charge in [-0.25, -0.2) is 0 Å². The molecule has 3 aromatic heterocycles. The fourth-order valence-electron chi connectivity index (χ4n) is 10.6. The average molecular weight is 864 g/mol. The molecule has 0 saturated heterocycles. The van der Waals surface area contributed by atoms with Gasteiger partial charge in [-0.3, -0.25) is 0 Å². The molecule has 0 aliphatic carbocycles. The molecule has 0 unspecified atom stereocenters. The summed E-state index contributed by atoms with van der Waals surface area (Å²) in [6.45, 7) is 0. The number of fused-ring (bicyclic) bond motifs is 9. The van der Waals surface area contributed by atoms with Crippen LogP contribution in [-0.2, 0) is 0 Å². The Morgan fingerprint density at radius 1 is 0.365 bits per heavy atom. The predicted octanol–water partition coefficient (Wildman–Crippen LogP) is 11.4. The summed E-state index contributed by atoms with van der Waals surface area (Å²) in [7, 11) is 0. The van der Waals surface area contributed by atoms with Crippen LogP contribution in [0.15, 0.2) is 231 Å². The Bertz CT molecular complexity index is 3690. The molecule has 4 heterocycles. The molecule has 0 spiro atoms. The van der Waals surface area contributed by atoms with Crippen molar-refractivity contribution in [3.63, 3.8) is 0 Å². The summed E-state index contributed by atoms with van der Waals surface area (Å²) < 4.78 is 10.2. The zero-order chi connectivity index (χ0) is 41.5. The zero-order valence-corrected chi connectivity index (χ0v) is 36.3. The van der Waals surface area contributed by atoms with Crippen molar-refractivity contribution < 1.29 is 0 Å². The summed E-state index contributed by atoms with van der Waals surface area (Å²) in [4.78, 5) is 11.5. The molecule has 63 heavy (non-hydrogen) atoms. The summed E-state index contributed by atoms with van der Waals surface area (Å²) in [6.07, 6.45) is 0. The van der Waals surface area contributed by atoms with E-state index >= 15 is 0 Å². The molecule has 0 bridgehead atoms. The number of benzene rings is 9. The normalized spacial score (nSPS) is 12.9. The number of rotatable bonds is 6. The van der Waals surface area contributed by atoms with E-state index in [1.165, 1.54) is 55.9 Å². The minimum absolute atomic E-state index is 0.742. The van der Waals surface area contributed by atoms with Gasteiger partial charge in [0.1, 0.15) is 0 Å². The molecule has 1 aliphatic heterocycles. The second kappa shape index (κ2) is 14.1. The van der Waals surface area contributed by atoms with E-state index in [0.29, 0.717) is 0 Å². The SMILES string of the molecule is c1ccc(-c2nc(-c3ccccc3-n3c4ccccc4c4cc5c(cc43)c3ccccc3n5-c3ccccc3)c3[c](n2)[Ge]([c]2ccccc2)([c]2ccccc2)[c]2ccccc2-3)cc1. The van der Waals surface area contributed by atoms with Crippen LogP contribution in [0.3, 0.4) is 0 Å². The van der Waals surface area contributed by atoms with Gasteiger partial charge in [-0.1, -0.05) is 24.3 Å². The van der Waals surface area contributed by atoms with E-state index in [-0.39, 0.29) is 0 Å². The Labute approximate surface area is 367 Å². The van der Waals surface area contributed by atoms with Gasteiger partial charge in [-0.15, -0.1) is 0 Å². The van der Waals surface area contributed by atoms with Gasteiger partial charge in [0.25, 0.3) is 0 Å². The maximum absolute atomic E-state index is 5.78. The Balaban J connectivity index is 1.16. The Kier molecular flexibility index (Phi) is 8.05. The number of hydrogen-bond donors (Lipinski definition) is 0. The third-order valence-electron chi connectivity index (χ3n) is 13.2. The third-order valence-corrected chi connectivity index (χ3v) is 23.1. The van der Waals surface area contributed by atoms with E-state index in [1.54, 1.807) is 0 Å². The molecule has 0 atom stereocenters. The zero-order valence-electron chi connectivity index (χ0n) is 34.2. The first-order valence-corrected chi connectivity index (χ1v) is 25.8. The molecule has 4 nitrogen and oxygen atoms in total. The van der Waals surface area contributed by atoms with Crippen LogP contribution in [0.4, 0.5) is 0 Å². The number of aromatic nitrogens is 4. The molecule has 0 N–H and O–H groups in total. The molecule has 0 fully saturated rings. The molecule has 0 radical (unpaired) electrons. The second-order valence-corrected chi connectivity index (χ2v) is 24.2. The Hall–Kier alpha value is -7.80. The van der Waals surface area contributed by atoms with Crippen molar-refractivity contribution in [3.8, 4) is 45.1 Å².